The Morgan fingerprint density at radius 2 is 2.05 bits per heavy atom. The summed E-state index contributed by atoms with van der Waals surface area (Å²) in [6.45, 7) is 1.66. The zero-order valence-corrected chi connectivity index (χ0v) is 13.1. The summed E-state index contributed by atoms with van der Waals surface area (Å²) >= 11 is 3.18. The minimum absolute atomic E-state index is 0.0535. The van der Waals surface area contributed by atoms with Gasteiger partial charge in [0.05, 0.1) is 17.9 Å². The molecule has 1 aromatic carbocycles. The molecular formula is C13H15BrN2O5. The Bertz CT molecular complexity index is 561. The van der Waals surface area contributed by atoms with Crippen LogP contribution in [0.25, 0.3) is 0 Å². The Kier molecular flexibility index (Phi) is 6.16. The number of likely N-dealkylation sites (N-methyl/N-ethyl adjacent to an activating group) is 1. The maximum absolute atomic E-state index is 12.0. The number of hydrogen-bond donors (Lipinski definition) is 2. The molecule has 0 spiro atoms. The average Bonchev–Trinajstić information content (AvgIpc) is 2.40. The third-order valence-electron chi connectivity index (χ3n) is 2.49. The zero-order chi connectivity index (χ0) is 16.0. The highest BCUT2D eigenvalue weighted by Crippen LogP contribution is 2.26. The SMILES string of the molecule is CCOC(=O)CN(C)C(=O)Nc1c(Br)cccc1C(=O)O. The standard InChI is InChI=1S/C13H15BrN2O5/c1-3-21-10(17)7-16(2)13(20)15-11-8(12(18)19)5-4-6-9(11)14/h4-6H,3,7H2,1-2H3,(H,15,20)(H,18,19). The number of halogens is 1. The topological polar surface area (TPSA) is 95.9 Å². The summed E-state index contributed by atoms with van der Waals surface area (Å²) in [6, 6.07) is 3.91. The van der Waals surface area contributed by atoms with Gasteiger partial charge >= 0.3 is 18.0 Å². The Morgan fingerprint density at radius 1 is 1.38 bits per heavy atom. The van der Waals surface area contributed by atoms with Gasteiger partial charge in [0, 0.05) is 11.5 Å². The molecule has 0 saturated heterocycles. The summed E-state index contributed by atoms with van der Waals surface area (Å²) < 4.78 is 5.17. The van der Waals surface area contributed by atoms with Crippen molar-refractivity contribution in [3.05, 3.63) is 28.2 Å². The van der Waals surface area contributed by atoms with Crippen molar-refractivity contribution in [1.29, 1.82) is 0 Å². The molecule has 0 aliphatic rings. The molecule has 21 heavy (non-hydrogen) atoms. The van der Waals surface area contributed by atoms with Crippen LogP contribution in [0.4, 0.5) is 10.5 Å². The Labute approximate surface area is 130 Å². The third kappa shape index (κ3) is 4.75. The lowest BCUT2D eigenvalue weighted by molar-refractivity contribution is -0.143. The summed E-state index contributed by atoms with van der Waals surface area (Å²) in [5.74, 6) is -1.71. The van der Waals surface area contributed by atoms with Crippen molar-refractivity contribution < 1.29 is 24.2 Å². The number of aromatic carboxylic acids is 1. The monoisotopic (exact) mass is 358 g/mol. The van der Waals surface area contributed by atoms with Gasteiger partial charge in [0.25, 0.3) is 0 Å². The fraction of sp³-hybridized carbons (Fsp3) is 0.308. The van der Waals surface area contributed by atoms with E-state index < -0.39 is 18.0 Å². The Hall–Kier alpha value is -2.09. The summed E-state index contributed by atoms with van der Waals surface area (Å²) in [6.07, 6.45) is 0. The molecule has 0 radical (unpaired) electrons. The van der Waals surface area contributed by atoms with E-state index >= 15 is 0 Å². The van der Waals surface area contributed by atoms with Gasteiger partial charge in [-0.3, -0.25) is 4.79 Å². The number of carbonyl (C=O) groups excluding carboxylic acids is 2. The van der Waals surface area contributed by atoms with E-state index in [1.807, 2.05) is 0 Å². The molecule has 114 valence electrons. The van der Waals surface area contributed by atoms with Crippen LogP contribution in [0.15, 0.2) is 22.7 Å². The van der Waals surface area contributed by atoms with E-state index in [1.54, 1.807) is 19.1 Å². The van der Waals surface area contributed by atoms with Crippen molar-refractivity contribution in [1.82, 2.24) is 4.90 Å². The van der Waals surface area contributed by atoms with Crippen molar-refractivity contribution in [3.8, 4) is 0 Å². The first-order chi connectivity index (χ1) is 9.86. The first kappa shape index (κ1) is 17.0. The molecule has 2 amide bonds. The molecule has 0 aliphatic heterocycles. The minimum Gasteiger partial charge on any atom is -0.478 e. The highest BCUT2D eigenvalue weighted by molar-refractivity contribution is 9.10. The predicted octanol–water partition coefficient (Wildman–Crippen LogP) is 2.17. The van der Waals surface area contributed by atoms with Crippen LogP contribution >= 0.6 is 15.9 Å². The summed E-state index contributed by atoms with van der Waals surface area (Å²) in [7, 11) is 1.41. The number of urea groups is 1. The molecule has 0 bridgehead atoms. The van der Waals surface area contributed by atoms with Gasteiger partial charge in [0.1, 0.15) is 6.54 Å². The number of ether oxygens (including phenoxy) is 1. The number of amides is 2. The fourth-order valence-electron chi connectivity index (χ4n) is 1.50. The van der Waals surface area contributed by atoms with E-state index in [2.05, 4.69) is 21.2 Å². The second-order valence-corrected chi connectivity index (χ2v) is 4.91. The van der Waals surface area contributed by atoms with Gasteiger partial charge in [0.15, 0.2) is 0 Å². The first-order valence-electron chi connectivity index (χ1n) is 6.06. The quantitative estimate of drug-likeness (QED) is 0.786. The van der Waals surface area contributed by atoms with Crippen molar-refractivity contribution >= 4 is 39.6 Å². The third-order valence-corrected chi connectivity index (χ3v) is 3.16. The maximum atomic E-state index is 12.0. The number of carboxylic acid groups (broad SMARTS) is 1. The van der Waals surface area contributed by atoms with E-state index in [9.17, 15) is 14.4 Å². The van der Waals surface area contributed by atoms with Crippen LogP contribution < -0.4 is 5.32 Å². The number of nitrogens with zero attached hydrogens (tertiary/aromatic N) is 1. The van der Waals surface area contributed by atoms with Crippen molar-refractivity contribution in [2.45, 2.75) is 6.92 Å². The number of anilines is 1. The minimum atomic E-state index is -1.17. The van der Waals surface area contributed by atoms with Crippen molar-refractivity contribution in [2.24, 2.45) is 0 Å². The molecule has 2 N–H and O–H groups in total. The van der Waals surface area contributed by atoms with Gasteiger partial charge < -0.3 is 20.1 Å². The van der Waals surface area contributed by atoms with Crippen LogP contribution in [-0.4, -0.2) is 48.2 Å². The molecule has 0 atom stereocenters. The normalized spacial score (nSPS) is 9.86. The van der Waals surface area contributed by atoms with Crippen molar-refractivity contribution in [2.75, 3.05) is 25.5 Å². The van der Waals surface area contributed by atoms with E-state index in [0.29, 0.717) is 4.47 Å². The fourth-order valence-corrected chi connectivity index (χ4v) is 1.97. The smallest absolute Gasteiger partial charge is 0.337 e. The number of carboxylic acids is 1. The van der Waals surface area contributed by atoms with Crippen LogP contribution in [-0.2, 0) is 9.53 Å². The summed E-state index contributed by atoms with van der Waals surface area (Å²) in [5.41, 5.74) is 0.0768. The molecule has 0 unspecified atom stereocenters. The van der Waals surface area contributed by atoms with Gasteiger partial charge in [-0.1, -0.05) is 6.07 Å². The summed E-state index contributed by atoms with van der Waals surface area (Å²) in [5, 5.41) is 11.6. The number of rotatable bonds is 5. The highest BCUT2D eigenvalue weighted by Gasteiger charge is 2.18. The molecule has 1 rings (SSSR count). The zero-order valence-electron chi connectivity index (χ0n) is 11.6. The molecule has 0 aliphatic carbocycles. The van der Waals surface area contributed by atoms with E-state index in [4.69, 9.17) is 9.84 Å². The maximum Gasteiger partial charge on any atom is 0.337 e. The van der Waals surface area contributed by atoms with Gasteiger partial charge in [0.2, 0.25) is 0 Å². The molecule has 0 heterocycles. The largest absolute Gasteiger partial charge is 0.478 e. The predicted molar refractivity (Wildman–Crippen MR) is 79.4 cm³/mol. The first-order valence-corrected chi connectivity index (χ1v) is 6.85. The van der Waals surface area contributed by atoms with E-state index in [-0.39, 0.29) is 24.4 Å². The van der Waals surface area contributed by atoms with Gasteiger partial charge in [-0.05, 0) is 35.0 Å². The number of carbonyl (C=O) groups is 3. The lowest BCUT2D eigenvalue weighted by Crippen LogP contribution is -2.36. The van der Waals surface area contributed by atoms with Crippen LogP contribution in [0.5, 0.6) is 0 Å². The van der Waals surface area contributed by atoms with Gasteiger partial charge in [-0.25, -0.2) is 9.59 Å². The number of para-hydroxylation sites is 1. The van der Waals surface area contributed by atoms with E-state index in [1.165, 1.54) is 13.1 Å². The average molecular weight is 359 g/mol. The number of esters is 1. The van der Waals surface area contributed by atoms with E-state index in [0.717, 1.165) is 4.90 Å². The Balaban J connectivity index is 2.84. The molecule has 0 aromatic heterocycles. The number of nitrogens with one attached hydrogen (secondary N) is 1. The molecular weight excluding hydrogens is 344 g/mol. The highest BCUT2D eigenvalue weighted by atomic mass is 79.9. The molecule has 7 nitrogen and oxygen atoms in total. The van der Waals surface area contributed by atoms with Crippen molar-refractivity contribution in [3.63, 3.8) is 0 Å². The molecule has 0 fully saturated rings. The van der Waals surface area contributed by atoms with Crippen LogP contribution in [0.2, 0.25) is 0 Å². The van der Waals surface area contributed by atoms with Crippen LogP contribution in [0.3, 0.4) is 0 Å². The van der Waals surface area contributed by atoms with Crippen LogP contribution in [0.1, 0.15) is 17.3 Å². The van der Waals surface area contributed by atoms with Gasteiger partial charge in [-0.15, -0.1) is 0 Å². The second-order valence-electron chi connectivity index (χ2n) is 4.06. The number of benzene rings is 1. The molecule has 1 aromatic rings. The number of hydrogen-bond acceptors (Lipinski definition) is 4. The summed E-state index contributed by atoms with van der Waals surface area (Å²) in [4.78, 5) is 35.5. The van der Waals surface area contributed by atoms with Crippen LogP contribution in [0, 0.1) is 0 Å². The lowest BCUT2D eigenvalue weighted by atomic mass is 10.2. The Morgan fingerprint density at radius 3 is 2.62 bits per heavy atom. The molecule has 8 heteroatoms. The molecule has 0 saturated carbocycles. The second kappa shape index (κ2) is 7.63. The lowest BCUT2D eigenvalue weighted by Gasteiger charge is -2.18. The van der Waals surface area contributed by atoms with Gasteiger partial charge in [-0.2, -0.15) is 0 Å².